The highest BCUT2D eigenvalue weighted by Gasteiger charge is 2.34. The van der Waals surface area contributed by atoms with Crippen LogP contribution < -0.4 is 23.8 Å². The second kappa shape index (κ2) is 8.69. The molecule has 0 bridgehead atoms. The fourth-order valence-corrected chi connectivity index (χ4v) is 4.80. The molecule has 1 N–H and O–H groups in total. The third kappa shape index (κ3) is 3.92. The van der Waals surface area contributed by atoms with Crippen LogP contribution in [0.1, 0.15) is 5.56 Å². The molecule has 1 aliphatic rings. The second-order valence-corrected chi connectivity index (χ2v) is 7.54. The molecule has 9 heteroatoms. The number of rotatable bonds is 5. The predicted octanol–water partition coefficient (Wildman–Crippen LogP) is 2.43. The first-order valence-corrected chi connectivity index (χ1v) is 9.58. The van der Waals surface area contributed by atoms with E-state index in [1.807, 2.05) is 24.3 Å². The largest absolute Gasteiger partial charge is 0.496 e. The first kappa shape index (κ1) is 21.1. The van der Waals surface area contributed by atoms with Gasteiger partial charge in [-0.25, -0.2) is 8.42 Å². The van der Waals surface area contributed by atoms with Gasteiger partial charge >= 0.3 is 0 Å². The van der Waals surface area contributed by atoms with Gasteiger partial charge in [-0.3, -0.25) is 4.31 Å². The minimum absolute atomic E-state index is 0. The molecule has 7 nitrogen and oxygen atoms in total. The third-order valence-electron chi connectivity index (χ3n) is 4.29. The van der Waals surface area contributed by atoms with Crippen LogP contribution in [0.4, 0.5) is 5.69 Å². The van der Waals surface area contributed by atoms with E-state index in [0.29, 0.717) is 31.1 Å². The van der Waals surface area contributed by atoms with Crippen LogP contribution in [-0.4, -0.2) is 42.8 Å². The normalized spacial score (nSPS) is 13.8. The summed E-state index contributed by atoms with van der Waals surface area (Å²) < 4.78 is 44.4. The molecule has 148 valence electrons. The van der Waals surface area contributed by atoms with Gasteiger partial charge in [0.25, 0.3) is 10.0 Å². The maximum absolute atomic E-state index is 13.6. The van der Waals surface area contributed by atoms with Gasteiger partial charge in [0, 0.05) is 31.8 Å². The average molecular weight is 415 g/mol. The Morgan fingerprint density at radius 2 is 1.63 bits per heavy atom. The Morgan fingerprint density at radius 1 is 1.00 bits per heavy atom. The van der Waals surface area contributed by atoms with Gasteiger partial charge in [-0.1, -0.05) is 18.2 Å². The molecule has 2 aromatic rings. The highest BCUT2D eigenvalue weighted by molar-refractivity contribution is 7.93. The zero-order valence-electron chi connectivity index (χ0n) is 15.4. The van der Waals surface area contributed by atoms with Crippen LogP contribution in [0, 0.1) is 0 Å². The van der Waals surface area contributed by atoms with E-state index < -0.39 is 10.0 Å². The van der Waals surface area contributed by atoms with Crippen LogP contribution in [0.5, 0.6) is 17.2 Å². The molecule has 1 aliphatic heterocycles. The van der Waals surface area contributed by atoms with Crippen molar-refractivity contribution >= 4 is 28.1 Å². The molecule has 0 atom stereocenters. The number of hydrogen-bond acceptors (Lipinski definition) is 6. The Labute approximate surface area is 165 Å². The number of halogens is 1. The molecule has 0 saturated heterocycles. The summed E-state index contributed by atoms with van der Waals surface area (Å²) in [6.45, 7) is 1.45. The summed E-state index contributed by atoms with van der Waals surface area (Å²) in [5, 5.41) is 3.24. The molecule has 0 amide bonds. The standard InChI is InChI=1S/C18H22N2O5S.ClH/c1-23-14-10-16(24-2)18(17(11-14)25-3)26(21,22)20-9-8-19-12-13-6-4-5-7-15(13)20;/h4-7,10-11,19H,8-9,12H2,1-3H3;1H. The lowest BCUT2D eigenvalue weighted by atomic mass is 10.2. The Hall–Kier alpha value is -2.16. The van der Waals surface area contributed by atoms with E-state index in [1.165, 1.54) is 37.8 Å². The van der Waals surface area contributed by atoms with Gasteiger partial charge in [0.15, 0.2) is 4.90 Å². The van der Waals surface area contributed by atoms with E-state index in [1.54, 1.807) is 0 Å². The van der Waals surface area contributed by atoms with Crippen LogP contribution in [0.25, 0.3) is 0 Å². The van der Waals surface area contributed by atoms with E-state index in [2.05, 4.69) is 5.32 Å². The zero-order chi connectivity index (χ0) is 18.7. The molecule has 1 heterocycles. The molecule has 2 aromatic carbocycles. The fraction of sp³-hybridized carbons (Fsp3) is 0.333. The van der Waals surface area contributed by atoms with Crippen LogP contribution in [0.3, 0.4) is 0 Å². The van der Waals surface area contributed by atoms with Crippen molar-refractivity contribution in [1.29, 1.82) is 0 Å². The lowest BCUT2D eigenvalue weighted by molar-refractivity contribution is 0.359. The van der Waals surface area contributed by atoms with E-state index >= 15 is 0 Å². The number of para-hydroxylation sites is 1. The van der Waals surface area contributed by atoms with Gasteiger partial charge < -0.3 is 19.5 Å². The van der Waals surface area contributed by atoms with E-state index in [-0.39, 0.29) is 28.8 Å². The predicted molar refractivity (Wildman–Crippen MR) is 106 cm³/mol. The van der Waals surface area contributed by atoms with Crippen molar-refractivity contribution in [1.82, 2.24) is 5.32 Å². The van der Waals surface area contributed by atoms with E-state index in [0.717, 1.165) is 5.56 Å². The minimum atomic E-state index is -3.92. The van der Waals surface area contributed by atoms with Gasteiger partial charge in [0.05, 0.1) is 27.0 Å². The molecule has 0 aliphatic carbocycles. The van der Waals surface area contributed by atoms with Crippen LogP contribution in [-0.2, 0) is 16.6 Å². The van der Waals surface area contributed by atoms with Crippen LogP contribution in [0.2, 0.25) is 0 Å². The lowest BCUT2D eigenvalue weighted by Crippen LogP contribution is -2.35. The zero-order valence-corrected chi connectivity index (χ0v) is 17.0. The first-order valence-electron chi connectivity index (χ1n) is 8.14. The van der Waals surface area contributed by atoms with Crippen LogP contribution >= 0.6 is 12.4 Å². The maximum Gasteiger partial charge on any atom is 0.271 e. The number of methoxy groups -OCH3 is 3. The number of fused-ring (bicyclic) bond motifs is 1. The quantitative estimate of drug-likeness (QED) is 0.809. The number of anilines is 1. The molecule has 0 radical (unpaired) electrons. The Kier molecular flexibility index (Phi) is 6.80. The first-order chi connectivity index (χ1) is 12.5. The van der Waals surface area contributed by atoms with Crippen LogP contribution in [0.15, 0.2) is 41.3 Å². The molecule has 0 spiro atoms. The number of nitrogens with zero attached hydrogens (tertiary/aromatic N) is 1. The third-order valence-corrected chi connectivity index (χ3v) is 6.16. The van der Waals surface area contributed by atoms with Crippen molar-refractivity contribution in [2.75, 3.05) is 38.7 Å². The molecular formula is C18H23ClN2O5S. The number of benzene rings is 2. The minimum Gasteiger partial charge on any atom is -0.496 e. The van der Waals surface area contributed by atoms with Crippen molar-refractivity contribution in [2.45, 2.75) is 11.4 Å². The number of sulfonamides is 1. The highest BCUT2D eigenvalue weighted by atomic mass is 35.5. The van der Waals surface area contributed by atoms with E-state index in [9.17, 15) is 8.42 Å². The Balaban J connectivity index is 0.00000261. The summed E-state index contributed by atoms with van der Waals surface area (Å²) in [5.74, 6) is 0.808. The summed E-state index contributed by atoms with van der Waals surface area (Å²) in [6, 6.07) is 10.5. The summed E-state index contributed by atoms with van der Waals surface area (Å²) in [6.07, 6.45) is 0. The molecule has 0 unspecified atom stereocenters. The summed E-state index contributed by atoms with van der Waals surface area (Å²) >= 11 is 0. The summed E-state index contributed by atoms with van der Waals surface area (Å²) in [5.41, 5.74) is 1.57. The Morgan fingerprint density at radius 3 is 2.22 bits per heavy atom. The average Bonchev–Trinajstić information content (AvgIpc) is 2.89. The van der Waals surface area contributed by atoms with Crippen molar-refractivity contribution < 1.29 is 22.6 Å². The number of hydrogen-bond donors (Lipinski definition) is 1. The van der Waals surface area contributed by atoms with Crippen molar-refractivity contribution in [3.8, 4) is 17.2 Å². The molecule has 3 rings (SSSR count). The van der Waals surface area contributed by atoms with Crippen molar-refractivity contribution in [3.63, 3.8) is 0 Å². The lowest BCUT2D eigenvalue weighted by Gasteiger charge is -2.26. The van der Waals surface area contributed by atoms with Gasteiger partial charge in [-0.05, 0) is 11.6 Å². The van der Waals surface area contributed by atoms with Gasteiger partial charge in [-0.15, -0.1) is 12.4 Å². The Bertz CT molecular complexity index is 879. The number of ether oxygens (including phenoxy) is 3. The summed E-state index contributed by atoms with van der Waals surface area (Å²) in [7, 11) is 0.421. The molecule has 0 saturated carbocycles. The second-order valence-electron chi connectivity index (χ2n) is 5.74. The monoisotopic (exact) mass is 414 g/mol. The molecule has 27 heavy (non-hydrogen) atoms. The topological polar surface area (TPSA) is 77.1 Å². The number of nitrogens with one attached hydrogen (secondary N) is 1. The smallest absolute Gasteiger partial charge is 0.271 e. The molecule has 0 aromatic heterocycles. The van der Waals surface area contributed by atoms with E-state index in [4.69, 9.17) is 14.2 Å². The molecule has 0 fully saturated rings. The van der Waals surface area contributed by atoms with Crippen molar-refractivity contribution in [3.05, 3.63) is 42.0 Å². The maximum atomic E-state index is 13.6. The van der Waals surface area contributed by atoms with Gasteiger partial charge in [0.1, 0.15) is 17.2 Å². The SMILES string of the molecule is COc1cc(OC)c(S(=O)(=O)N2CCNCc3ccccc32)c(OC)c1.Cl. The molecular weight excluding hydrogens is 392 g/mol. The fourth-order valence-electron chi connectivity index (χ4n) is 3.02. The van der Waals surface area contributed by atoms with Gasteiger partial charge in [-0.2, -0.15) is 0 Å². The van der Waals surface area contributed by atoms with Gasteiger partial charge in [0.2, 0.25) is 0 Å². The van der Waals surface area contributed by atoms with Crippen molar-refractivity contribution in [2.24, 2.45) is 0 Å². The summed E-state index contributed by atoms with van der Waals surface area (Å²) in [4.78, 5) is -0.0139. The highest BCUT2D eigenvalue weighted by Crippen LogP contribution is 2.41.